The fourth-order valence-corrected chi connectivity index (χ4v) is 2.87. The number of halogens is 3. The lowest BCUT2D eigenvalue weighted by Gasteiger charge is -2.09. The number of nitrogens with one attached hydrogen (secondary N) is 1. The average Bonchev–Trinajstić information content (AvgIpc) is 3.17. The van der Waals surface area contributed by atoms with Gasteiger partial charge in [-0.25, -0.2) is 0 Å². The predicted octanol–water partition coefficient (Wildman–Crippen LogP) is 4.76. The fourth-order valence-electron chi connectivity index (χ4n) is 2.31. The molecule has 0 radical (unpaired) electrons. The van der Waals surface area contributed by atoms with E-state index < -0.39 is 6.36 Å². The largest absolute Gasteiger partial charge is 0.573 e. The Morgan fingerprint density at radius 3 is 2.37 bits per heavy atom. The van der Waals surface area contributed by atoms with Gasteiger partial charge in [0.1, 0.15) is 11.5 Å². The second-order valence-electron chi connectivity index (χ2n) is 5.74. The van der Waals surface area contributed by atoms with Crippen molar-refractivity contribution in [2.75, 3.05) is 17.7 Å². The maximum atomic E-state index is 12.2. The van der Waals surface area contributed by atoms with E-state index in [4.69, 9.17) is 9.15 Å². The number of aromatic nitrogens is 2. The van der Waals surface area contributed by atoms with Gasteiger partial charge in [-0.05, 0) is 55.5 Å². The van der Waals surface area contributed by atoms with Crippen molar-refractivity contribution in [2.24, 2.45) is 0 Å². The van der Waals surface area contributed by atoms with Crippen LogP contribution in [0, 0.1) is 0 Å². The van der Waals surface area contributed by atoms with Gasteiger partial charge in [0.15, 0.2) is 0 Å². The summed E-state index contributed by atoms with van der Waals surface area (Å²) in [5.74, 6) is 0.255. The molecule has 0 aliphatic carbocycles. The number of rotatable bonds is 8. The van der Waals surface area contributed by atoms with Crippen molar-refractivity contribution in [3.05, 3.63) is 48.5 Å². The summed E-state index contributed by atoms with van der Waals surface area (Å²) in [7, 11) is 0. The third-order valence-corrected chi connectivity index (χ3v) is 4.34. The number of nitrogens with zero attached hydrogens (tertiary/aromatic N) is 2. The smallest absolute Gasteiger partial charge is 0.494 e. The van der Waals surface area contributed by atoms with Crippen LogP contribution in [0.15, 0.2) is 58.2 Å². The van der Waals surface area contributed by atoms with Crippen molar-refractivity contribution in [1.29, 1.82) is 0 Å². The van der Waals surface area contributed by atoms with Crippen LogP contribution in [0.5, 0.6) is 11.5 Å². The van der Waals surface area contributed by atoms with Gasteiger partial charge in [-0.1, -0.05) is 11.8 Å². The van der Waals surface area contributed by atoms with E-state index in [2.05, 4.69) is 20.3 Å². The van der Waals surface area contributed by atoms with E-state index in [9.17, 15) is 18.0 Å². The van der Waals surface area contributed by atoms with Crippen LogP contribution in [0.1, 0.15) is 6.92 Å². The summed E-state index contributed by atoms with van der Waals surface area (Å²) in [4.78, 5) is 12.0. The number of benzene rings is 2. The number of hydrogen-bond acceptors (Lipinski definition) is 7. The Hall–Kier alpha value is -3.21. The molecule has 0 fully saturated rings. The zero-order valence-electron chi connectivity index (χ0n) is 15.6. The predicted molar refractivity (Wildman–Crippen MR) is 103 cm³/mol. The van der Waals surface area contributed by atoms with Crippen molar-refractivity contribution < 1.29 is 31.9 Å². The Balaban J connectivity index is 1.50. The third-order valence-electron chi connectivity index (χ3n) is 3.52. The third kappa shape index (κ3) is 6.41. The highest BCUT2D eigenvalue weighted by Gasteiger charge is 2.30. The summed E-state index contributed by atoms with van der Waals surface area (Å²) < 4.78 is 51.1. The second kappa shape index (κ2) is 9.53. The topological polar surface area (TPSA) is 86.5 Å². The molecule has 0 bridgehead atoms. The highest BCUT2D eigenvalue weighted by atomic mass is 32.2. The molecule has 0 aliphatic rings. The van der Waals surface area contributed by atoms with Gasteiger partial charge in [0.05, 0.1) is 12.4 Å². The molecule has 11 heteroatoms. The van der Waals surface area contributed by atoms with Crippen LogP contribution in [0.25, 0.3) is 11.5 Å². The number of anilines is 1. The number of thioether (sulfide) groups is 1. The van der Waals surface area contributed by atoms with E-state index in [0.717, 1.165) is 29.6 Å². The fraction of sp³-hybridized carbons (Fsp3) is 0.211. The zero-order chi connectivity index (χ0) is 21.6. The average molecular weight is 439 g/mol. The van der Waals surface area contributed by atoms with E-state index in [1.165, 1.54) is 12.1 Å². The molecule has 0 unspecified atom stereocenters. The lowest BCUT2D eigenvalue weighted by atomic mass is 10.2. The number of amides is 1. The Labute approximate surface area is 173 Å². The lowest BCUT2D eigenvalue weighted by molar-refractivity contribution is -0.274. The van der Waals surface area contributed by atoms with Gasteiger partial charge < -0.3 is 19.2 Å². The van der Waals surface area contributed by atoms with Crippen molar-refractivity contribution in [1.82, 2.24) is 10.2 Å². The summed E-state index contributed by atoms with van der Waals surface area (Å²) in [5.41, 5.74) is 1.04. The number of ether oxygens (including phenoxy) is 2. The first kappa shape index (κ1) is 21.5. The SMILES string of the molecule is CCOc1ccc(-c2nnc(SCC(=O)Nc3ccc(OC(F)(F)F)cc3)o2)cc1. The Kier molecular flexibility index (Phi) is 6.83. The summed E-state index contributed by atoms with van der Waals surface area (Å²) in [6, 6.07) is 12.0. The van der Waals surface area contributed by atoms with Crippen molar-refractivity contribution in [2.45, 2.75) is 18.5 Å². The number of carbonyl (C=O) groups excluding carboxylic acids is 1. The van der Waals surface area contributed by atoms with Crippen LogP contribution >= 0.6 is 11.8 Å². The van der Waals surface area contributed by atoms with E-state index in [1.807, 2.05) is 6.92 Å². The molecule has 7 nitrogen and oxygen atoms in total. The van der Waals surface area contributed by atoms with Crippen molar-refractivity contribution >= 4 is 23.4 Å². The van der Waals surface area contributed by atoms with Gasteiger partial charge in [0.2, 0.25) is 11.8 Å². The molecule has 2 aromatic carbocycles. The van der Waals surface area contributed by atoms with Gasteiger partial charge in [0, 0.05) is 11.3 Å². The first-order valence-corrected chi connectivity index (χ1v) is 9.66. The van der Waals surface area contributed by atoms with E-state index in [-0.39, 0.29) is 22.6 Å². The monoisotopic (exact) mass is 439 g/mol. The molecule has 1 aromatic heterocycles. The Morgan fingerprint density at radius 1 is 1.07 bits per heavy atom. The molecule has 1 heterocycles. The zero-order valence-corrected chi connectivity index (χ0v) is 16.4. The maximum absolute atomic E-state index is 12.2. The molecule has 3 aromatic rings. The number of alkyl halides is 3. The van der Waals surface area contributed by atoms with Crippen molar-refractivity contribution in [3.8, 4) is 23.0 Å². The lowest BCUT2D eigenvalue weighted by Crippen LogP contribution is -2.17. The van der Waals surface area contributed by atoms with E-state index in [1.54, 1.807) is 24.3 Å². The van der Waals surface area contributed by atoms with Crippen LogP contribution < -0.4 is 14.8 Å². The van der Waals surface area contributed by atoms with Gasteiger partial charge in [-0.3, -0.25) is 4.79 Å². The molecule has 30 heavy (non-hydrogen) atoms. The molecule has 1 N–H and O–H groups in total. The van der Waals surface area contributed by atoms with Gasteiger partial charge >= 0.3 is 6.36 Å². The minimum absolute atomic E-state index is 0.0221. The molecule has 1 amide bonds. The molecule has 0 aliphatic heterocycles. The molecule has 0 saturated heterocycles. The van der Waals surface area contributed by atoms with Crippen LogP contribution in [0.4, 0.5) is 18.9 Å². The normalized spacial score (nSPS) is 11.2. The van der Waals surface area contributed by atoms with Crippen LogP contribution in [-0.2, 0) is 4.79 Å². The Bertz CT molecular complexity index is 976. The summed E-state index contributed by atoms with van der Waals surface area (Å²) in [6.45, 7) is 2.46. The summed E-state index contributed by atoms with van der Waals surface area (Å²) in [5, 5.41) is 10.6. The number of carbonyl (C=O) groups is 1. The highest BCUT2D eigenvalue weighted by molar-refractivity contribution is 7.99. The molecule has 158 valence electrons. The van der Waals surface area contributed by atoms with Gasteiger partial charge in [-0.2, -0.15) is 0 Å². The standard InChI is InChI=1S/C19H16F3N3O4S/c1-2-27-14-7-3-12(4-8-14)17-24-25-18(28-17)30-11-16(26)23-13-5-9-15(10-6-13)29-19(20,21)22/h3-10H,2,11H2,1H3,(H,23,26). The first-order chi connectivity index (χ1) is 14.3. The first-order valence-electron chi connectivity index (χ1n) is 8.67. The number of hydrogen-bond donors (Lipinski definition) is 1. The molecular weight excluding hydrogens is 423 g/mol. The minimum Gasteiger partial charge on any atom is -0.494 e. The molecular formula is C19H16F3N3O4S. The van der Waals surface area contributed by atoms with Crippen LogP contribution in [0.2, 0.25) is 0 Å². The van der Waals surface area contributed by atoms with E-state index >= 15 is 0 Å². The highest BCUT2D eigenvalue weighted by Crippen LogP contribution is 2.26. The van der Waals surface area contributed by atoms with Crippen LogP contribution in [0.3, 0.4) is 0 Å². The molecule has 0 saturated carbocycles. The van der Waals surface area contributed by atoms with Crippen molar-refractivity contribution in [3.63, 3.8) is 0 Å². The van der Waals surface area contributed by atoms with Crippen LogP contribution in [-0.4, -0.2) is 34.8 Å². The molecule has 0 atom stereocenters. The van der Waals surface area contributed by atoms with Gasteiger partial charge in [0.25, 0.3) is 5.22 Å². The summed E-state index contributed by atoms with van der Waals surface area (Å²) >= 11 is 1.04. The molecule has 3 rings (SSSR count). The molecule has 0 spiro atoms. The summed E-state index contributed by atoms with van der Waals surface area (Å²) in [6.07, 6.45) is -4.77. The Morgan fingerprint density at radius 2 is 1.73 bits per heavy atom. The minimum atomic E-state index is -4.77. The second-order valence-corrected chi connectivity index (χ2v) is 6.67. The van der Waals surface area contributed by atoms with E-state index in [0.29, 0.717) is 23.7 Å². The maximum Gasteiger partial charge on any atom is 0.573 e. The van der Waals surface area contributed by atoms with Gasteiger partial charge in [-0.15, -0.1) is 23.4 Å². The quantitative estimate of drug-likeness (QED) is 0.506.